The molecule has 30 heavy (non-hydrogen) atoms. The van der Waals surface area contributed by atoms with Crippen LogP contribution in [0.5, 0.6) is 0 Å². The predicted octanol–water partition coefficient (Wildman–Crippen LogP) is 2.71. The number of ether oxygens (including phenoxy) is 1. The monoisotopic (exact) mass is 453 g/mol. The lowest BCUT2D eigenvalue weighted by molar-refractivity contribution is -0.198. The van der Waals surface area contributed by atoms with Gasteiger partial charge in [0.1, 0.15) is 5.60 Å². The third-order valence-electron chi connectivity index (χ3n) is 4.16. The molecule has 0 saturated carbocycles. The quantitative estimate of drug-likeness (QED) is 0.634. The largest absolute Gasteiger partial charge is 0.444 e. The van der Waals surface area contributed by atoms with Gasteiger partial charge in [-0.3, -0.25) is 14.1 Å². The summed E-state index contributed by atoms with van der Waals surface area (Å²) in [6, 6.07) is 2.93. The van der Waals surface area contributed by atoms with Crippen LogP contribution < -0.4 is 0 Å². The minimum Gasteiger partial charge on any atom is -0.444 e. The molecule has 12 heteroatoms. The Labute approximate surface area is 174 Å². The minimum absolute atomic E-state index is 0.102. The molecule has 1 saturated heterocycles. The molecule has 0 radical (unpaired) electrons. The molecule has 8 nitrogen and oxygen atoms in total. The Balaban J connectivity index is 2.11. The Morgan fingerprint density at radius 1 is 1.20 bits per heavy atom. The number of rotatable bonds is 5. The third kappa shape index (κ3) is 7.40. The van der Waals surface area contributed by atoms with Crippen molar-refractivity contribution in [3.05, 3.63) is 29.6 Å². The van der Waals surface area contributed by atoms with E-state index in [0.29, 0.717) is 32.4 Å². The van der Waals surface area contributed by atoms with Crippen molar-refractivity contribution in [3.63, 3.8) is 0 Å². The fourth-order valence-corrected chi connectivity index (χ4v) is 3.46. The van der Waals surface area contributed by atoms with Gasteiger partial charge in [0, 0.05) is 38.9 Å². The average molecular weight is 453 g/mol. The van der Waals surface area contributed by atoms with Gasteiger partial charge in [-0.15, -0.1) is 0 Å². The van der Waals surface area contributed by atoms with E-state index in [1.54, 1.807) is 20.8 Å². The summed E-state index contributed by atoms with van der Waals surface area (Å²) >= 11 is 0. The second-order valence-corrected chi connectivity index (χ2v) is 9.61. The van der Waals surface area contributed by atoms with Gasteiger partial charge in [0.2, 0.25) is 6.10 Å². The Morgan fingerprint density at radius 3 is 2.30 bits per heavy atom. The standard InChI is InChI=1S/C18H26F3N3O5S/c1-17(2,3)28-16(25)24-10-8-23(9-11-24)12-13-6-5-7-22-14(13)15(18(19,20)21)29-30(4,26)27/h5-7,15H,8-12H2,1-4H3. The number of halogens is 3. The number of alkyl halides is 3. The lowest BCUT2D eigenvalue weighted by Crippen LogP contribution is -2.49. The number of amides is 1. The molecular weight excluding hydrogens is 427 g/mol. The molecule has 1 atom stereocenters. The van der Waals surface area contributed by atoms with E-state index in [4.69, 9.17) is 4.74 Å². The van der Waals surface area contributed by atoms with Crippen molar-refractivity contribution in [3.8, 4) is 0 Å². The molecular formula is C18H26F3N3O5S. The molecule has 1 fully saturated rings. The van der Waals surface area contributed by atoms with E-state index in [2.05, 4.69) is 9.17 Å². The molecule has 0 spiro atoms. The van der Waals surface area contributed by atoms with Gasteiger partial charge in [0.05, 0.1) is 11.9 Å². The maximum absolute atomic E-state index is 13.5. The van der Waals surface area contributed by atoms with Crippen LogP contribution in [0.15, 0.2) is 18.3 Å². The van der Waals surface area contributed by atoms with Gasteiger partial charge >= 0.3 is 12.3 Å². The van der Waals surface area contributed by atoms with Crippen LogP contribution in [-0.4, -0.2) is 73.5 Å². The topological polar surface area (TPSA) is 89.0 Å². The molecule has 1 aliphatic rings. The molecule has 1 aliphatic heterocycles. The van der Waals surface area contributed by atoms with Crippen molar-refractivity contribution in [1.29, 1.82) is 0 Å². The summed E-state index contributed by atoms with van der Waals surface area (Å²) in [5, 5.41) is 0. The predicted molar refractivity (Wildman–Crippen MR) is 102 cm³/mol. The number of carbonyl (C=O) groups excluding carboxylic acids is 1. The highest BCUT2D eigenvalue weighted by molar-refractivity contribution is 7.86. The Hall–Kier alpha value is -1.92. The number of hydrogen-bond acceptors (Lipinski definition) is 7. The molecule has 1 amide bonds. The average Bonchev–Trinajstić information content (AvgIpc) is 2.58. The summed E-state index contributed by atoms with van der Waals surface area (Å²) in [4.78, 5) is 19.3. The Morgan fingerprint density at radius 2 is 1.80 bits per heavy atom. The molecule has 0 bridgehead atoms. The minimum atomic E-state index is -4.96. The smallest absolute Gasteiger partial charge is 0.421 e. The van der Waals surface area contributed by atoms with E-state index in [9.17, 15) is 26.4 Å². The van der Waals surface area contributed by atoms with Gasteiger partial charge in [-0.25, -0.2) is 4.79 Å². The molecule has 2 heterocycles. The Bertz CT molecular complexity index is 847. The summed E-state index contributed by atoms with van der Waals surface area (Å²) in [7, 11) is -4.37. The van der Waals surface area contributed by atoms with Gasteiger partial charge in [-0.2, -0.15) is 21.6 Å². The first-order valence-corrected chi connectivity index (χ1v) is 11.1. The number of piperazine rings is 1. The second-order valence-electron chi connectivity index (χ2n) is 8.01. The van der Waals surface area contributed by atoms with E-state index < -0.39 is 39.8 Å². The van der Waals surface area contributed by atoms with Crippen LogP contribution in [0.2, 0.25) is 0 Å². The van der Waals surface area contributed by atoms with E-state index in [1.807, 2.05) is 4.90 Å². The molecule has 1 unspecified atom stereocenters. The summed E-state index contributed by atoms with van der Waals surface area (Å²) in [5.41, 5.74) is -0.912. The van der Waals surface area contributed by atoms with E-state index >= 15 is 0 Å². The van der Waals surface area contributed by atoms with Crippen molar-refractivity contribution < 1.29 is 35.3 Å². The molecule has 0 aliphatic carbocycles. The first-order valence-electron chi connectivity index (χ1n) is 9.25. The zero-order chi connectivity index (χ0) is 22.7. The van der Waals surface area contributed by atoms with Gasteiger partial charge in [-0.05, 0) is 32.4 Å². The molecule has 0 aromatic carbocycles. The van der Waals surface area contributed by atoms with Crippen molar-refractivity contribution in [2.75, 3.05) is 32.4 Å². The van der Waals surface area contributed by atoms with Crippen molar-refractivity contribution >= 4 is 16.2 Å². The lowest BCUT2D eigenvalue weighted by Gasteiger charge is -2.36. The fourth-order valence-electron chi connectivity index (χ4n) is 2.91. The van der Waals surface area contributed by atoms with Crippen molar-refractivity contribution in [2.45, 2.75) is 45.2 Å². The van der Waals surface area contributed by atoms with Crippen LogP contribution in [0.4, 0.5) is 18.0 Å². The van der Waals surface area contributed by atoms with E-state index in [0.717, 1.165) is 6.20 Å². The zero-order valence-corrected chi connectivity index (χ0v) is 18.1. The van der Waals surface area contributed by atoms with Crippen molar-refractivity contribution in [2.24, 2.45) is 0 Å². The highest BCUT2D eigenvalue weighted by atomic mass is 32.2. The van der Waals surface area contributed by atoms with Gasteiger partial charge < -0.3 is 9.64 Å². The molecule has 1 aromatic heterocycles. The van der Waals surface area contributed by atoms with Crippen LogP contribution in [0.25, 0.3) is 0 Å². The zero-order valence-electron chi connectivity index (χ0n) is 17.3. The molecule has 1 aromatic rings. The molecule has 170 valence electrons. The first kappa shape index (κ1) is 24.4. The second kappa shape index (κ2) is 9.06. The number of nitrogens with zero attached hydrogens (tertiary/aromatic N) is 3. The van der Waals surface area contributed by atoms with Crippen molar-refractivity contribution in [1.82, 2.24) is 14.8 Å². The number of pyridine rings is 1. The third-order valence-corrected chi connectivity index (χ3v) is 4.70. The molecule has 2 rings (SSSR count). The van der Waals surface area contributed by atoms with Crippen LogP contribution in [0.1, 0.15) is 38.1 Å². The highest BCUT2D eigenvalue weighted by Crippen LogP contribution is 2.37. The fraction of sp³-hybridized carbons (Fsp3) is 0.667. The van der Waals surface area contributed by atoms with Gasteiger partial charge in [-0.1, -0.05) is 6.07 Å². The summed E-state index contributed by atoms with van der Waals surface area (Å²) in [5.74, 6) is 0. The molecule has 0 N–H and O–H groups in total. The van der Waals surface area contributed by atoms with Gasteiger partial charge in [0.25, 0.3) is 10.1 Å². The maximum atomic E-state index is 13.5. The van der Waals surface area contributed by atoms with Crippen LogP contribution in [-0.2, 0) is 25.6 Å². The number of hydrogen-bond donors (Lipinski definition) is 0. The number of aromatic nitrogens is 1. The van der Waals surface area contributed by atoms with Gasteiger partial charge in [0.15, 0.2) is 0 Å². The highest BCUT2D eigenvalue weighted by Gasteiger charge is 2.46. The SMILES string of the molecule is CC(C)(C)OC(=O)N1CCN(Cc2cccnc2C(OS(C)(=O)=O)C(F)(F)F)CC1. The first-order chi connectivity index (χ1) is 13.7. The van der Waals surface area contributed by atoms with Crippen LogP contribution in [0, 0.1) is 0 Å². The van der Waals surface area contributed by atoms with E-state index in [1.165, 1.54) is 17.0 Å². The lowest BCUT2D eigenvalue weighted by atomic mass is 10.1. The Kier molecular flexibility index (Phi) is 7.36. The normalized spacial score (nSPS) is 17.6. The van der Waals surface area contributed by atoms with E-state index in [-0.39, 0.29) is 12.1 Å². The van der Waals surface area contributed by atoms with Crippen LogP contribution in [0.3, 0.4) is 0 Å². The number of carbonyl (C=O) groups is 1. The summed E-state index contributed by atoms with van der Waals surface area (Å²) < 4.78 is 72.7. The van der Waals surface area contributed by atoms with Crippen LogP contribution >= 0.6 is 0 Å². The summed E-state index contributed by atoms with van der Waals surface area (Å²) in [6.45, 7) is 6.93. The summed E-state index contributed by atoms with van der Waals surface area (Å²) in [6.07, 6.45) is -6.37. The maximum Gasteiger partial charge on any atom is 0.421 e.